The molecule has 0 aliphatic carbocycles. The normalized spacial score (nSPS) is 20.0. The highest BCUT2D eigenvalue weighted by atomic mass is 32.2. The number of alkyl halides is 2. The predicted molar refractivity (Wildman–Crippen MR) is 78.5 cm³/mol. The third-order valence-electron chi connectivity index (χ3n) is 3.80. The van der Waals surface area contributed by atoms with Gasteiger partial charge in [-0.2, -0.15) is 8.78 Å². The molecule has 0 saturated carbocycles. The van der Waals surface area contributed by atoms with Crippen LogP contribution in [-0.2, 0) is 9.84 Å². The van der Waals surface area contributed by atoms with Crippen LogP contribution in [0.1, 0.15) is 19.3 Å². The Hall–Kier alpha value is -1.21. The number of piperidine rings is 1. The molecular weight excluding hydrogens is 298 g/mol. The maximum absolute atomic E-state index is 12.5. The minimum Gasteiger partial charge on any atom is -0.367 e. The maximum atomic E-state index is 12.5. The van der Waals surface area contributed by atoms with Crippen molar-refractivity contribution in [1.82, 2.24) is 5.32 Å². The number of hydrogen-bond donors (Lipinski definition) is 1. The molecule has 1 atom stereocenters. The van der Waals surface area contributed by atoms with Crippen LogP contribution in [0.5, 0.6) is 0 Å². The third kappa shape index (κ3) is 3.52. The Bertz CT molecular complexity index is 559. The van der Waals surface area contributed by atoms with Gasteiger partial charge in [-0.05, 0) is 50.6 Å². The number of hydrogen-bond acceptors (Lipinski definition) is 4. The number of halogens is 2. The summed E-state index contributed by atoms with van der Waals surface area (Å²) < 4.78 is 47.8. The van der Waals surface area contributed by atoms with E-state index in [1.165, 1.54) is 18.6 Å². The Morgan fingerprint density at radius 2 is 1.95 bits per heavy atom. The summed E-state index contributed by atoms with van der Waals surface area (Å²) in [4.78, 5) is 1.88. The highest BCUT2D eigenvalue weighted by molar-refractivity contribution is 7.91. The Balaban J connectivity index is 2.21. The topological polar surface area (TPSA) is 49.4 Å². The molecule has 118 valence electrons. The summed E-state index contributed by atoms with van der Waals surface area (Å²) in [7, 11) is -2.62. The molecule has 2 rings (SSSR count). The molecule has 1 fully saturated rings. The molecule has 21 heavy (non-hydrogen) atoms. The zero-order chi connectivity index (χ0) is 15.5. The van der Waals surface area contributed by atoms with Crippen molar-refractivity contribution in [2.75, 3.05) is 25.0 Å². The molecule has 1 heterocycles. The van der Waals surface area contributed by atoms with E-state index in [-0.39, 0.29) is 4.90 Å². The Kier molecular flexibility index (Phi) is 5.16. The second-order valence-electron chi connectivity index (χ2n) is 5.20. The largest absolute Gasteiger partial charge is 0.367 e. The highest BCUT2D eigenvalue weighted by Gasteiger charge is 2.27. The molecule has 1 unspecified atom stereocenters. The van der Waals surface area contributed by atoms with Crippen molar-refractivity contribution >= 4 is 15.5 Å². The zero-order valence-electron chi connectivity index (χ0n) is 11.9. The number of nitrogens with zero attached hydrogens (tertiary/aromatic N) is 1. The molecule has 1 aromatic rings. The second kappa shape index (κ2) is 6.70. The molecule has 7 heteroatoms. The van der Waals surface area contributed by atoms with Gasteiger partial charge >= 0.3 is 5.76 Å². The SMILES string of the molecule is CNCC1CCCCN1c1ccc(S(=O)(=O)C(F)F)cc1. The summed E-state index contributed by atoms with van der Waals surface area (Å²) in [6, 6.07) is 6.11. The summed E-state index contributed by atoms with van der Waals surface area (Å²) in [5.41, 5.74) is 0.878. The molecule has 1 aromatic carbocycles. The third-order valence-corrected chi connectivity index (χ3v) is 5.20. The van der Waals surface area contributed by atoms with Crippen LogP contribution in [0, 0.1) is 0 Å². The molecule has 0 amide bonds. The average Bonchev–Trinajstić information content (AvgIpc) is 2.48. The van der Waals surface area contributed by atoms with Crippen LogP contribution in [0.4, 0.5) is 14.5 Å². The molecular formula is C14H20F2N2O2S. The molecule has 1 saturated heterocycles. The van der Waals surface area contributed by atoms with E-state index in [9.17, 15) is 17.2 Å². The fraction of sp³-hybridized carbons (Fsp3) is 0.571. The van der Waals surface area contributed by atoms with Crippen LogP contribution >= 0.6 is 0 Å². The number of sulfone groups is 1. The van der Waals surface area contributed by atoms with Gasteiger partial charge in [0.1, 0.15) is 0 Å². The van der Waals surface area contributed by atoms with Gasteiger partial charge in [-0.1, -0.05) is 0 Å². The van der Waals surface area contributed by atoms with Gasteiger partial charge in [0, 0.05) is 24.8 Å². The van der Waals surface area contributed by atoms with Crippen LogP contribution < -0.4 is 10.2 Å². The summed E-state index contributed by atoms with van der Waals surface area (Å²) in [6.07, 6.45) is 3.32. The molecule has 0 radical (unpaired) electrons. The van der Waals surface area contributed by atoms with Crippen molar-refractivity contribution in [3.05, 3.63) is 24.3 Å². The first kappa shape index (κ1) is 16.2. The average molecular weight is 318 g/mol. The quantitative estimate of drug-likeness (QED) is 0.905. The van der Waals surface area contributed by atoms with E-state index in [1.54, 1.807) is 12.1 Å². The van der Waals surface area contributed by atoms with Gasteiger partial charge in [-0.15, -0.1) is 0 Å². The minimum absolute atomic E-state index is 0.330. The first-order valence-electron chi connectivity index (χ1n) is 7.00. The molecule has 4 nitrogen and oxygen atoms in total. The minimum atomic E-state index is -4.51. The molecule has 0 spiro atoms. The molecule has 0 bridgehead atoms. The van der Waals surface area contributed by atoms with Gasteiger partial charge in [0.2, 0.25) is 9.84 Å². The van der Waals surface area contributed by atoms with E-state index in [1.807, 2.05) is 7.05 Å². The van der Waals surface area contributed by atoms with Crippen molar-refractivity contribution in [1.29, 1.82) is 0 Å². The Labute approximate surface area is 124 Å². The first-order valence-corrected chi connectivity index (χ1v) is 8.55. The van der Waals surface area contributed by atoms with Crippen LogP contribution in [-0.4, -0.2) is 40.4 Å². The lowest BCUT2D eigenvalue weighted by atomic mass is 10.0. The Morgan fingerprint density at radius 3 is 2.52 bits per heavy atom. The first-order chi connectivity index (χ1) is 9.96. The molecule has 1 N–H and O–H groups in total. The van der Waals surface area contributed by atoms with E-state index >= 15 is 0 Å². The monoisotopic (exact) mass is 318 g/mol. The number of anilines is 1. The smallest absolute Gasteiger partial charge is 0.341 e. The Morgan fingerprint density at radius 1 is 1.29 bits per heavy atom. The molecule has 1 aliphatic heterocycles. The van der Waals surface area contributed by atoms with Crippen molar-refractivity contribution in [3.63, 3.8) is 0 Å². The second-order valence-corrected chi connectivity index (χ2v) is 7.12. The van der Waals surface area contributed by atoms with Gasteiger partial charge in [0.15, 0.2) is 0 Å². The van der Waals surface area contributed by atoms with E-state index in [2.05, 4.69) is 10.2 Å². The zero-order valence-corrected chi connectivity index (χ0v) is 12.7. The number of rotatable bonds is 5. The molecule has 0 aromatic heterocycles. The fourth-order valence-corrected chi connectivity index (χ4v) is 3.44. The van der Waals surface area contributed by atoms with Gasteiger partial charge < -0.3 is 10.2 Å². The summed E-state index contributed by atoms with van der Waals surface area (Å²) in [5, 5.41) is 3.15. The summed E-state index contributed by atoms with van der Waals surface area (Å²) in [6.45, 7) is 1.74. The molecule has 1 aliphatic rings. The standard InChI is InChI=1S/C14H20F2N2O2S/c1-17-10-12-4-2-3-9-18(12)11-5-7-13(8-6-11)21(19,20)14(15)16/h5-8,12,14,17H,2-4,9-10H2,1H3. The van der Waals surface area contributed by atoms with Crippen molar-refractivity contribution in [2.24, 2.45) is 0 Å². The van der Waals surface area contributed by atoms with Gasteiger partial charge in [-0.25, -0.2) is 8.42 Å². The number of likely N-dealkylation sites (N-methyl/N-ethyl adjacent to an activating group) is 1. The van der Waals surface area contributed by atoms with Crippen LogP contribution in [0.25, 0.3) is 0 Å². The number of benzene rings is 1. The van der Waals surface area contributed by atoms with E-state index in [0.29, 0.717) is 6.04 Å². The van der Waals surface area contributed by atoms with E-state index in [4.69, 9.17) is 0 Å². The number of nitrogens with one attached hydrogen (secondary N) is 1. The summed E-state index contributed by atoms with van der Waals surface area (Å²) in [5.74, 6) is -3.38. The highest BCUT2D eigenvalue weighted by Crippen LogP contribution is 2.27. The van der Waals surface area contributed by atoms with E-state index in [0.717, 1.165) is 31.6 Å². The fourth-order valence-electron chi connectivity index (χ4n) is 2.72. The summed E-state index contributed by atoms with van der Waals surface area (Å²) >= 11 is 0. The van der Waals surface area contributed by atoms with Crippen molar-refractivity contribution in [2.45, 2.75) is 36.0 Å². The lowest BCUT2D eigenvalue weighted by molar-refractivity contribution is 0.234. The van der Waals surface area contributed by atoms with Crippen LogP contribution in [0.15, 0.2) is 29.2 Å². The van der Waals surface area contributed by atoms with Crippen molar-refractivity contribution in [3.8, 4) is 0 Å². The van der Waals surface area contributed by atoms with Crippen LogP contribution in [0.3, 0.4) is 0 Å². The van der Waals surface area contributed by atoms with Gasteiger partial charge in [-0.3, -0.25) is 0 Å². The van der Waals surface area contributed by atoms with Gasteiger partial charge in [0.25, 0.3) is 0 Å². The predicted octanol–water partition coefficient (Wildman–Crippen LogP) is 2.26. The lowest BCUT2D eigenvalue weighted by Crippen LogP contribution is -2.45. The maximum Gasteiger partial charge on any atom is 0.341 e. The van der Waals surface area contributed by atoms with E-state index < -0.39 is 15.6 Å². The van der Waals surface area contributed by atoms with Crippen molar-refractivity contribution < 1.29 is 17.2 Å². The van der Waals surface area contributed by atoms with Gasteiger partial charge in [0.05, 0.1) is 4.90 Å². The van der Waals surface area contributed by atoms with Crippen LogP contribution in [0.2, 0.25) is 0 Å². The lowest BCUT2D eigenvalue weighted by Gasteiger charge is -2.37.